The molecule has 0 radical (unpaired) electrons. The van der Waals surface area contributed by atoms with Crippen molar-refractivity contribution in [1.82, 2.24) is 15.1 Å². The summed E-state index contributed by atoms with van der Waals surface area (Å²) in [6.07, 6.45) is 3.72. The van der Waals surface area contributed by atoms with E-state index in [-0.39, 0.29) is 0 Å². The van der Waals surface area contributed by atoms with Crippen LogP contribution in [0, 0.1) is 0 Å². The van der Waals surface area contributed by atoms with Gasteiger partial charge in [0.05, 0.1) is 0 Å². The van der Waals surface area contributed by atoms with Crippen LogP contribution in [0.2, 0.25) is 0 Å². The second-order valence-corrected chi connectivity index (χ2v) is 5.52. The van der Waals surface area contributed by atoms with Crippen molar-refractivity contribution in [3.8, 4) is 11.5 Å². The molecule has 0 bridgehead atoms. The van der Waals surface area contributed by atoms with Gasteiger partial charge in [-0.15, -0.1) is 10.2 Å². The second kappa shape index (κ2) is 5.63. The number of hydrogen-bond donors (Lipinski definition) is 1. The quantitative estimate of drug-likeness (QED) is 0.931. The Morgan fingerprint density at radius 3 is 2.75 bits per heavy atom. The largest absolute Gasteiger partial charge is 0.423 e. The zero-order chi connectivity index (χ0) is 13.9. The van der Waals surface area contributed by atoms with Gasteiger partial charge in [0.1, 0.15) is 0 Å². The molecule has 1 saturated heterocycles. The minimum Gasteiger partial charge on any atom is -0.423 e. The molecule has 2 heterocycles. The van der Waals surface area contributed by atoms with Gasteiger partial charge >= 0.3 is 0 Å². The Kier molecular flexibility index (Phi) is 3.69. The van der Waals surface area contributed by atoms with Gasteiger partial charge < -0.3 is 14.6 Å². The third-order valence-corrected chi connectivity index (χ3v) is 4.07. The average molecular weight is 272 g/mol. The molecule has 5 heteroatoms. The molecule has 2 aromatic rings. The van der Waals surface area contributed by atoms with Crippen LogP contribution in [-0.2, 0) is 0 Å². The van der Waals surface area contributed by atoms with E-state index in [1.165, 1.54) is 19.2 Å². The fourth-order valence-corrected chi connectivity index (χ4v) is 2.66. The van der Waals surface area contributed by atoms with E-state index in [1.54, 1.807) is 0 Å². The number of piperidine rings is 1. The van der Waals surface area contributed by atoms with E-state index in [4.69, 9.17) is 4.42 Å². The van der Waals surface area contributed by atoms with Gasteiger partial charge in [0.2, 0.25) is 12.3 Å². The second-order valence-electron chi connectivity index (χ2n) is 5.52. The van der Waals surface area contributed by atoms with Gasteiger partial charge in [-0.25, -0.2) is 0 Å². The lowest BCUT2D eigenvalue weighted by atomic mass is 9.98. The van der Waals surface area contributed by atoms with E-state index in [9.17, 15) is 0 Å². The van der Waals surface area contributed by atoms with Crippen molar-refractivity contribution in [3.63, 3.8) is 0 Å². The minimum atomic E-state index is 0.551. The smallest absolute Gasteiger partial charge is 0.247 e. The van der Waals surface area contributed by atoms with Crippen molar-refractivity contribution in [2.45, 2.75) is 31.8 Å². The Bertz CT molecular complexity index is 538. The van der Waals surface area contributed by atoms with Crippen LogP contribution in [-0.4, -0.2) is 40.8 Å². The van der Waals surface area contributed by atoms with Crippen LogP contribution < -0.4 is 5.32 Å². The van der Waals surface area contributed by atoms with E-state index in [0.29, 0.717) is 18.0 Å². The molecule has 1 aromatic carbocycles. The van der Waals surface area contributed by atoms with Gasteiger partial charge in [-0.05, 0) is 51.1 Å². The fraction of sp³-hybridized carbons (Fsp3) is 0.467. The first-order valence-corrected chi connectivity index (χ1v) is 7.06. The third-order valence-electron chi connectivity index (χ3n) is 4.07. The lowest BCUT2D eigenvalue weighted by Crippen LogP contribution is -2.42. The Balaban J connectivity index is 1.64. The Morgan fingerprint density at radius 1 is 1.30 bits per heavy atom. The van der Waals surface area contributed by atoms with E-state index in [1.807, 2.05) is 12.1 Å². The first kappa shape index (κ1) is 13.1. The maximum absolute atomic E-state index is 5.19. The summed E-state index contributed by atoms with van der Waals surface area (Å²) >= 11 is 0. The molecule has 0 saturated carbocycles. The van der Waals surface area contributed by atoms with E-state index in [0.717, 1.165) is 17.8 Å². The molecule has 2 unspecified atom stereocenters. The molecule has 2 atom stereocenters. The zero-order valence-electron chi connectivity index (χ0n) is 11.9. The fourth-order valence-electron chi connectivity index (χ4n) is 2.66. The zero-order valence-corrected chi connectivity index (χ0v) is 11.9. The number of benzene rings is 1. The van der Waals surface area contributed by atoms with Gasteiger partial charge in [0, 0.05) is 29.9 Å². The number of nitrogens with one attached hydrogen (secondary N) is 1. The average Bonchev–Trinajstić information content (AvgIpc) is 2.98. The molecule has 0 spiro atoms. The van der Waals surface area contributed by atoms with Crippen molar-refractivity contribution >= 4 is 5.69 Å². The molecule has 1 fully saturated rings. The number of nitrogens with zero attached hydrogens (tertiary/aromatic N) is 3. The molecule has 106 valence electrons. The molecule has 0 aliphatic carbocycles. The lowest BCUT2D eigenvalue weighted by molar-refractivity contribution is 0.190. The number of anilines is 1. The van der Waals surface area contributed by atoms with Gasteiger partial charge in [-0.3, -0.25) is 0 Å². The SMILES string of the molecule is CC1CC(Nc2ccc(-c3nnco3)cc2)CCN1C. The van der Waals surface area contributed by atoms with Gasteiger partial charge in [-0.2, -0.15) is 0 Å². The van der Waals surface area contributed by atoms with Crippen molar-refractivity contribution in [3.05, 3.63) is 30.7 Å². The van der Waals surface area contributed by atoms with Crippen LogP contribution >= 0.6 is 0 Å². The van der Waals surface area contributed by atoms with Crippen molar-refractivity contribution in [2.24, 2.45) is 0 Å². The Morgan fingerprint density at radius 2 is 2.10 bits per heavy atom. The normalized spacial score (nSPS) is 23.7. The molecule has 1 aliphatic rings. The molecule has 1 aliphatic heterocycles. The van der Waals surface area contributed by atoms with Crippen LogP contribution in [0.4, 0.5) is 5.69 Å². The van der Waals surface area contributed by atoms with Gasteiger partial charge in [-0.1, -0.05) is 0 Å². The molecule has 1 aromatic heterocycles. The number of rotatable bonds is 3. The highest BCUT2D eigenvalue weighted by Gasteiger charge is 2.22. The van der Waals surface area contributed by atoms with Crippen LogP contribution in [0.15, 0.2) is 35.1 Å². The predicted molar refractivity (Wildman–Crippen MR) is 78.5 cm³/mol. The first-order chi connectivity index (χ1) is 9.72. The van der Waals surface area contributed by atoms with E-state index >= 15 is 0 Å². The Hall–Kier alpha value is -1.88. The molecule has 0 amide bonds. The molecular weight excluding hydrogens is 252 g/mol. The number of likely N-dealkylation sites (tertiary alicyclic amines) is 1. The number of aromatic nitrogens is 2. The monoisotopic (exact) mass is 272 g/mol. The van der Waals surface area contributed by atoms with Crippen LogP contribution in [0.3, 0.4) is 0 Å². The summed E-state index contributed by atoms with van der Waals surface area (Å²) < 4.78 is 5.19. The van der Waals surface area contributed by atoms with Gasteiger partial charge in [0.15, 0.2) is 0 Å². The summed E-state index contributed by atoms with van der Waals surface area (Å²) in [5, 5.41) is 11.2. The maximum atomic E-state index is 5.19. The molecule has 1 N–H and O–H groups in total. The number of hydrogen-bond acceptors (Lipinski definition) is 5. The van der Waals surface area contributed by atoms with Crippen LogP contribution in [0.1, 0.15) is 19.8 Å². The standard InChI is InChI=1S/C15H20N4O/c1-11-9-14(7-8-19(11)2)17-13-5-3-12(4-6-13)15-18-16-10-20-15/h3-6,10-11,14,17H,7-9H2,1-2H3. The third kappa shape index (κ3) is 2.82. The van der Waals surface area contributed by atoms with E-state index < -0.39 is 0 Å². The van der Waals surface area contributed by atoms with Crippen molar-refractivity contribution in [1.29, 1.82) is 0 Å². The first-order valence-electron chi connectivity index (χ1n) is 7.06. The highest BCUT2D eigenvalue weighted by Crippen LogP contribution is 2.22. The highest BCUT2D eigenvalue weighted by atomic mass is 16.4. The Labute approximate surface area is 119 Å². The topological polar surface area (TPSA) is 54.2 Å². The summed E-state index contributed by atoms with van der Waals surface area (Å²) in [4.78, 5) is 2.41. The molecular formula is C15H20N4O. The summed E-state index contributed by atoms with van der Waals surface area (Å²) in [6.45, 7) is 3.44. The van der Waals surface area contributed by atoms with E-state index in [2.05, 4.69) is 46.5 Å². The van der Waals surface area contributed by atoms with Crippen molar-refractivity contribution in [2.75, 3.05) is 18.9 Å². The summed E-state index contributed by atoms with van der Waals surface area (Å²) in [7, 11) is 2.19. The van der Waals surface area contributed by atoms with Gasteiger partial charge in [0.25, 0.3) is 0 Å². The minimum absolute atomic E-state index is 0.551. The molecule has 5 nitrogen and oxygen atoms in total. The van der Waals surface area contributed by atoms with Crippen LogP contribution in [0.5, 0.6) is 0 Å². The summed E-state index contributed by atoms with van der Waals surface area (Å²) in [6, 6.07) is 9.35. The highest BCUT2D eigenvalue weighted by molar-refractivity contribution is 5.58. The molecule has 3 rings (SSSR count). The van der Waals surface area contributed by atoms with Crippen LogP contribution in [0.25, 0.3) is 11.5 Å². The summed E-state index contributed by atoms with van der Waals surface area (Å²) in [5.74, 6) is 0.560. The lowest BCUT2D eigenvalue weighted by Gasteiger charge is -2.35. The maximum Gasteiger partial charge on any atom is 0.247 e. The molecule has 20 heavy (non-hydrogen) atoms. The summed E-state index contributed by atoms with van der Waals surface area (Å²) in [5.41, 5.74) is 2.10. The van der Waals surface area contributed by atoms with Crippen molar-refractivity contribution < 1.29 is 4.42 Å². The predicted octanol–water partition coefficient (Wildman–Crippen LogP) is 2.63.